The zero-order valence-corrected chi connectivity index (χ0v) is 9.00. The molecule has 0 aromatic heterocycles. The molecule has 1 aliphatic heterocycles. The summed E-state index contributed by atoms with van der Waals surface area (Å²) < 4.78 is 11.4. The summed E-state index contributed by atoms with van der Waals surface area (Å²) in [6, 6.07) is 0. The second-order valence-corrected chi connectivity index (χ2v) is 4.40. The van der Waals surface area contributed by atoms with Crippen LogP contribution in [0.1, 0.15) is 32.1 Å². The largest absolute Gasteiger partial charge is 0.381 e. The molecule has 1 saturated heterocycles. The molecule has 3 atom stereocenters. The van der Waals surface area contributed by atoms with Crippen molar-refractivity contribution in [2.75, 3.05) is 20.2 Å². The monoisotopic (exact) mass is 199 g/mol. The van der Waals surface area contributed by atoms with E-state index in [9.17, 15) is 0 Å². The highest BCUT2D eigenvalue weighted by atomic mass is 16.5. The Morgan fingerprint density at radius 3 is 2.64 bits per heavy atom. The first-order valence-corrected chi connectivity index (χ1v) is 5.77. The molecule has 0 unspecified atom stereocenters. The Morgan fingerprint density at radius 2 is 1.93 bits per heavy atom. The van der Waals surface area contributed by atoms with Crippen LogP contribution in [-0.2, 0) is 9.47 Å². The summed E-state index contributed by atoms with van der Waals surface area (Å²) in [5, 5.41) is 3.33. The molecule has 2 fully saturated rings. The van der Waals surface area contributed by atoms with Crippen LogP contribution >= 0.6 is 0 Å². The van der Waals surface area contributed by atoms with Gasteiger partial charge >= 0.3 is 0 Å². The van der Waals surface area contributed by atoms with E-state index in [2.05, 4.69) is 5.32 Å². The molecular formula is C11H21NO2. The maximum absolute atomic E-state index is 6.04. The van der Waals surface area contributed by atoms with Crippen molar-refractivity contribution in [3.8, 4) is 0 Å². The van der Waals surface area contributed by atoms with Gasteiger partial charge in [0.15, 0.2) is 0 Å². The molecule has 3 nitrogen and oxygen atoms in total. The van der Waals surface area contributed by atoms with E-state index in [0.717, 1.165) is 19.5 Å². The topological polar surface area (TPSA) is 30.5 Å². The summed E-state index contributed by atoms with van der Waals surface area (Å²) in [4.78, 5) is 0. The van der Waals surface area contributed by atoms with Crippen molar-refractivity contribution < 1.29 is 9.47 Å². The fraction of sp³-hybridized carbons (Fsp3) is 1.00. The van der Waals surface area contributed by atoms with Crippen molar-refractivity contribution in [1.82, 2.24) is 5.32 Å². The third-order valence-electron chi connectivity index (χ3n) is 3.31. The first kappa shape index (κ1) is 10.4. The lowest BCUT2D eigenvalue weighted by Crippen LogP contribution is -2.31. The second kappa shape index (κ2) is 5.10. The number of hydrogen-bond acceptors (Lipinski definition) is 3. The summed E-state index contributed by atoms with van der Waals surface area (Å²) in [5.41, 5.74) is 0. The summed E-state index contributed by atoms with van der Waals surface area (Å²) in [6.45, 7) is 2.15. The molecule has 0 radical (unpaired) electrons. The zero-order valence-electron chi connectivity index (χ0n) is 9.00. The third-order valence-corrected chi connectivity index (χ3v) is 3.31. The van der Waals surface area contributed by atoms with Crippen LogP contribution in [0.5, 0.6) is 0 Å². The fourth-order valence-electron chi connectivity index (χ4n) is 2.46. The molecule has 0 amide bonds. The van der Waals surface area contributed by atoms with Crippen molar-refractivity contribution in [2.45, 2.75) is 50.4 Å². The normalized spacial score (nSPS) is 38.8. The summed E-state index contributed by atoms with van der Waals surface area (Å²) >= 11 is 0. The van der Waals surface area contributed by atoms with Crippen LogP contribution in [0.15, 0.2) is 0 Å². The smallest absolute Gasteiger partial charge is 0.0715 e. The number of nitrogens with one attached hydrogen (secondary N) is 1. The van der Waals surface area contributed by atoms with Gasteiger partial charge in [-0.2, -0.15) is 0 Å². The van der Waals surface area contributed by atoms with Crippen LogP contribution < -0.4 is 5.32 Å². The minimum atomic E-state index is 0.433. The van der Waals surface area contributed by atoms with Crippen molar-refractivity contribution in [2.24, 2.45) is 0 Å². The van der Waals surface area contributed by atoms with E-state index in [1.165, 1.54) is 25.7 Å². The van der Waals surface area contributed by atoms with E-state index < -0.39 is 0 Å². The van der Waals surface area contributed by atoms with E-state index in [4.69, 9.17) is 9.47 Å². The maximum Gasteiger partial charge on any atom is 0.0715 e. The average molecular weight is 199 g/mol. The van der Waals surface area contributed by atoms with Crippen LogP contribution in [0.25, 0.3) is 0 Å². The van der Waals surface area contributed by atoms with Crippen molar-refractivity contribution >= 4 is 0 Å². The molecule has 2 aliphatic rings. The highest BCUT2D eigenvalue weighted by molar-refractivity contribution is 4.78. The van der Waals surface area contributed by atoms with Gasteiger partial charge in [0.1, 0.15) is 0 Å². The van der Waals surface area contributed by atoms with Crippen molar-refractivity contribution in [1.29, 1.82) is 0 Å². The minimum absolute atomic E-state index is 0.433. The first-order chi connectivity index (χ1) is 6.88. The van der Waals surface area contributed by atoms with Crippen molar-refractivity contribution in [3.63, 3.8) is 0 Å². The number of methoxy groups -OCH3 is 1. The molecule has 1 N–H and O–H groups in total. The summed E-state index contributed by atoms with van der Waals surface area (Å²) in [7, 11) is 1.81. The lowest BCUT2D eigenvalue weighted by molar-refractivity contribution is -0.0581. The molecule has 14 heavy (non-hydrogen) atoms. The van der Waals surface area contributed by atoms with Crippen LogP contribution in [0.3, 0.4) is 0 Å². The zero-order chi connectivity index (χ0) is 9.80. The maximum atomic E-state index is 6.04. The van der Waals surface area contributed by atoms with Gasteiger partial charge in [-0.05, 0) is 38.6 Å². The standard InChI is InChI=1S/C11H21NO2/c1-13-9-3-2-4-10(7-9)14-11-5-6-12-8-11/h9-12H,2-8H2,1H3/t9-,10-,11-/m1/s1. The van der Waals surface area contributed by atoms with Crippen LogP contribution in [0, 0.1) is 0 Å². The van der Waals surface area contributed by atoms with Crippen LogP contribution in [0.2, 0.25) is 0 Å². The predicted octanol–water partition coefficient (Wildman–Crippen LogP) is 1.32. The molecule has 1 aliphatic carbocycles. The molecule has 3 heteroatoms. The molecule has 2 rings (SSSR count). The summed E-state index contributed by atoms with van der Waals surface area (Å²) in [6.07, 6.45) is 7.28. The number of ether oxygens (including phenoxy) is 2. The fourth-order valence-corrected chi connectivity index (χ4v) is 2.46. The molecule has 0 aromatic rings. The van der Waals surface area contributed by atoms with E-state index in [0.29, 0.717) is 18.3 Å². The van der Waals surface area contributed by atoms with Gasteiger partial charge in [0.05, 0.1) is 18.3 Å². The Labute approximate surface area is 86.2 Å². The lowest BCUT2D eigenvalue weighted by Gasteiger charge is -2.30. The molecular weight excluding hydrogens is 178 g/mol. The molecule has 82 valence electrons. The van der Waals surface area contributed by atoms with Crippen LogP contribution in [0.4, 0.5) is 0 Å². The lowest BCUT2D eigenvalue weighted by atomic mass is 9.95. The Balaban J connectivity index is 1.73. The van der Waals surface area contributed by atoms with E-state index in [1.807, 2.05) is 7.11 Å². The van der Waals surface area contributed by atoms with Gasteiger partial charge in [-0.3, -0.25) is 0 Å². The number of rotatable bonds is 3. The summed E-state index contributed by atoms with van der Waals surface area (Å²) in [5.74, 6) is 0. The van der Waals surface area contributed by atoms with Gasteiger partial charge in [0.2, 0.25) is 0 Å². The molecule has 1 heterocycles. The quantitative estimate of drug-likeness (QED) is 0.743. The molecule has 0 spiro atoms. The average Bonchev–Trinajstić information content (AvgIpc) is 2.71. The van der Waals surface area contributed by atoms with Gasteiger partial charge in [-0.25, -0.2) is 0 Å². The van der Waals surface area contributed by atoms with Gasteiger partial charge < -0.3 is 14.8 Å². The Bertz CT molecular complexity index is 169. The van der Waals surface area contributed by atoms with Crippen molar-refractivity contribution in [3.05, 3.63) is 0 Å². The van der Waals surface area contributed by atoms with Gasteiger partial charge in [0, 0.05) is 13.7 Å². The van der Waals surface area contributed by atoms with Gasteiger partial charge in [0.25, 0.3) is 0 Å². The third kappa shape index (κ3) is 2.69. The highest BCUT2D eigenvalue weighted by Crippen LogP contribution is 2.24. The molecule has 0 aromatic carbocycles. The van der Waals surface area contributed by atoms with E-state index in [1.54, 1.807) is 0 Å². The van der Waals surface area contributed by atoms with E-state index >= 15 is 0 Å². The van der Waals surface area contributed by atoms with Crippen LogP contribution in [-0.4, -0.2) is 38.5 Å². The highest BCUT2D eigenvalue weighted by Gasteiger charge is 2.26. The van der Waals surface area contributed by atoms with E-state index in [-0.39, 0.29) is 0 Å². The molecule has 0 bridgehead atoms. The first-order valence-electron chi connectivity index (χ1n) is 5.77. The second-order valence-electron chi connectivity index (χ2n) is 4.40. The van der Waals surface area contributed by atoms with Gasteiger partial charge in [-0.15, -0.1) is 0 Å². The van der Waals surface area contributed by atoms with Gasteiger partial charge in [-0.1, -0.05) is 0 Å². The Morgan fingerprint density at radius 1 is 1.07 bits per heavy atom. The Hall–Kier alpha value is -0.120. The minimum Gasteiger partial charge on any atom is -0.381 e. The predicted molar refractivity (Wildman–Crippen MR) is 55.4 cm³/mol. The Kier molecular flexibility index (Phi) is 3.79. The SMILES string of the molecule is CO[C@@H]1CCC[C@@H](O[C@@H]2CCNC2)C1. The molecule has 1 saturated carbocycles. The number of hydrogen-bond donors (Lipinski definition) is 1.